The van der Waals surface area contributed by atoms with Crippen molar-refractivity contribution in [1.82, 2.24) is 4.98 Å². The first-order chi connectivity index (χ1) is 8.22. The van der Waals surface area contributed by atoms with Gasteiger partial charge in [0.15, 0.2) is 5.78 Å². The molecule has 1 atom stereocenters. The van der Waals surface area contributed by atoms with Gasteiger partial charge in [-0.25, -0.2) is 0 Å². The Hall–Kier alpha value is -1.74. The minimum absolute atomic E-state index is 0.0681. The Kier molecular flexibility index (Phi) is 3.49. The number of fused-ring (bicyclic) bond motifs is 1. The number of ketones is 1. The fourth-order valence-corrected chi connectivity index (χ4v) is 1.82. The number of pyridine rings is 1. The first-order valence-corrected chi connectivity index (χ1v) is 5.85. The highest BCUT2D eigenvalue weighted by atomic mass is 16.1. The molecule has 1 heterocycles. The average Bonchev–Trinajstić information content (AvgIpc) is 2.37. The summed E-state index contributed by atoms with van der Waals surface area (Å²) in [5.74, 6) is 0.0728. The Balaban J connectivity index is 2.38. The molecule has 0 saturated carbocycles. The number of para-hydroxylation sites is 1. The maximum atomic E-state index is 12.1. The molecule has 0 aliphatic rings. The molecule has 1 aromatic heterocycles. The number of carbonyl (C=O) groups excluding carboxylic acids is 1. The smallest absolute Gasteiger partial charge is 0.166 e. The van der Waals surface area contributed by atoms with Gasteiger partial charge < -0.3 is 5.73 Å². The number of nitrogens with two attached hydrogens (primary N) is 1. The zero-order valence-corrected chi connectivity index (χ0v) is 9.89. The van der Waals surface area contributed by atoms with Gasteiger partial charge in [0.2, 0.25) is 0 Å². The third kappa shape index (κ3) is 2.50. The lowest BCUT2D eigenvalue weighted by Gasteiger charge is -2.08. The van der Waals surface area contributed by atoms with E-state index in [0.29, 0.717) is 12.0 Å². The second kappa shape index (κ2) is 5.06. The second-order valence-electron chi connectivity index (χ2n) is 4.18. The molecule has 1 unspecified atom stereocenters. The van der Waals surface area contributed by atoms with E-state index in [1.807, 2.05) is 37.3 Å². The van der Waals surface area contributed by atoms with Crippen LogP contribution in [0.15, 0.2) is 36.5 Å². The van der Waals surface area contributed by atoms with Crippen molar-refractivity contribution in [2.45, 2.75) is 25.8 Å². The third-order valence-corrected chi connectivity index (χ3v) is 2.91. The number of hydrogen-bond acceptors (Lipinski definition) is 3. The monoisotopic (exact) mass is 228 g/mol. The Morgan fingerprint density at radius 3 is 2.88 bits per heavy atom. The SMILES string of the molecule is CCC(N)CC(=O)c1cccc2cccnc12. The van der Waals surface area contributed by atoms with Crippen LogP contribution >= 0.6 is 0 Å². The Labute approximate surface area is 101 Å². The fraction of sp³-hybridized carbons (Fsp3) is 0.286. The van der Waals surface area contributed by atoms with Crippen LogP contribution in [0, 0.1) is 0 Å². The normalized spacial score (nSPS) is 12.6. The van der Waals surface area contributed by atoms with Crippen LogP contribution in [0.2, 0.25) is 0 Å². The van der Waals surface area contributed by atoms with E-state index < -0.39 is 0 Å². The van der Waals surface area contributed by atoms with Crippen LogP contribution < -0.4 is 5.73 Å². The Morgan fingerprint density at radius 2 is 2.12 bits per heavy atom. The van der Waals surface area contributed by atoms with Crippen LogP contribution in [-0.4, -0.2) is 16.8 Å². The highest BCUT2D eigenvalue weighted by Crippen LogP contribution is 2.18. The van der Waals surface area contributed by atoms with Gasteiger partial charge in [0.05, 0.1) is 5.52 Å². The lowest BCUT2D eigenvalue weighted by atomic mass is 10.0. The fourth-order valence-electron chi connectivity index (χ4n) is 1.82. The van der Waals surface area contributed by atoms with Crippen molar-refractivity contribution in [2.24, 2.45) is 5.73 Å². The first kappa shape index (κ1) is 11.7. The minimum atomic E-state index is -0.0681. The number of hydrogen-bond donors (Lipinski definition) is 1. The largest absolute Gasteiger partial charge is 0.327 e. The van der Waals surface area contributed by atoms with E-state index in [4.69, 9.17) is 5.73 Å². The highest BCUT2D eigenvalue weighted by Gasteiger charge is 2.13. The molecule has 88 valence electrons. The molecule has 2 rings (SSSR count). The summed E-state index contributed by atoms with van der Waals surface area (Å²) in [6, 6.07) is 9.42. The quantitative estimate of drug-likeness (QED) is 0.818. The summed E-state index contributed by atoms with van der Waals surface area (Å²) in [7, 11) is 0. The molecular formula is C14H16N2O. The van der Waals surface area contributed by atoms with Gasteiger partial charge in [-0.2, -0.15) is 0 Å². The summed E-state index contributed by atoms with van der Waals surface area (Å²) in [4.78, 5) is 16.4. The zero-order valence-electron chi connectivity index (χ0n) is 9.89. The molecule has 0 fully saturated rings. The van der Waals surface area contributed by atoms with Gasteiger partial charge in [-0.15, -0.1) is 0 Å². The molecule has 0 aliphatic heterocycles. The maximum absolute atomic E-state index is 12.1. The molecule has 2 aromatic rings. The van der Waals surface area contributed by atoms with Gasteiger partial charge >= 0.3 is 0 Å². The van der Waals surface area contributed by atoms with E-state index in [2.05, 4.69) is 4.98 Å². The van der Waals surface area contributed by atoms with Crippen molar-refractivity contribution in [3.05, 3.63) is 42.1 Å². The molecule has 3 nitrogen and oxygen atoms in total. The van der Waals surface area contributed by atoms with Crippen LogP contribution in [0.3, 0.4) is 0 Å². The van der Waals surface area contributed by atoms with E-state index in [1.54, 1.807) is 6.20 Å². The van der Waals surface area contributed by atoms with Crippen LogP contribution in [0.5, 0.6) is 0 Å². The average molecular weight is 228 g/mol. The predicted molar refractivity (Wildman–Crippen MR) is 69.0 cm³/mol. The number of rotatable bonds is 4. The Bertz CT molecular complexity index is 531. The number of nitrogens with zero attached hydrogens (tertiary/aromatic N) is 1. The van der Waals surface area contributed by atoms with E-state index in [1.165, 1.54) is 0 Å². The molecule has 0 radical (unpaired) electrons. The molecule has 2 N–H and O–H groups in total. The molecule has 0 bridgehead atoms. The zero-order chi connectivity index (χ0) is 12.3. The summed E-state index contributed by atoms with van der Waals surface area (Å²) >= 11 is 0. The molecule has 3 heteroatoms. The van der Waals surface area contributed by atoms with Crippen LogP contribution in [-0.2, 0) is 0 Å². The molecule has 1 aromatic carbocycles. The number of Topliss-reactive ketones (excluding diaryl/α,β-unsaturated/α-hetero) is 1. The number of aromatic nitrogens is 1. The lowest BCUT2D eigenvalue weighted by molar-refractivity contribution is 0.0975. The second-order valence-corrected chi connectivity index (χ2v) is 4.18. The summed E-state index contributed by atoms with van der Waals surface area (Å²) in [5.41, 5.74) is 7.25. The topological polar surface area (TPSA) is 56.0 Å². The third-order valence-electron chi connectivity index (χ3n) is 2.91. The predicted octanol–water partition coefficient (Wildman–Crippen LogP) is 2.54. The van der Waals surface area contributed by atoms with Crippen LogP contribution in [0.1, 0.15) is 30.1 Å². The number of carbonyl (C=O) groups is 1. The summed E-state index contributed by atoms with van der Waals surface area (Å²) in [5, 5.41) is 0.989. The Morgan fingerprint density at radius 1 is 1.35 bits per heavy atom. The minimum Gasteiger partial charge on any atom is -0.327 e. The van der Waals surface area contributed by atoms with Crippen molar-refractivity contribution < 1.29 is 4.79 Å². The number of benzene rings is 1. The van der Waals surface area contributed by atoms with E-state index in [9.17, 15) is 4.79 Å². The molecular weight excluding hydrogens is 212 g/mol. The first-order valence-electron chi connectivity index (χ1n) is 5.85. The molecule has 0 spiro atoms. The van der Waals surface area contributed by atoms with Gasteiger partial charge in [-0.1, -0.05) is 25.1 Å². The van der Waals surface area contributed by atoms with Crippen LogP contribution in [0.25, 0.3) is 10.9 Å². The van der Waals surface area contributed by atoms with Crippen molar-refractivity contribution in [3.8, 4) is 0 Å². The van der Waals surface area contributed by atoms with Gasteiger partial charge in [0.1, 0.15) is 0 Å². The molecule has 0 amide bonds. The van der Waals surface area contributed by atoms with Crippen molar-refractivity contribution in [2.75, 3.05) is 0 Å². The summed E-state index contributed by atoms with van der Waals surface area (Å²) < 4.78 is 0. The van der Waals surface area contributed by atoms with Crippen molar-refractivity contribution in [1.29, 1.82) is 0 Å². The molecule has 0 saturated heterocycles. The maximum Gasteiger partial charge on any atom is 0.166 e. The summed E-state index contributed by atoms with van der Waals surface area (Å²) in [6.45, 7) is 1.99. The van der Waals surface area contributed by atoms with Gasteiger partial charge in [0, 0.05) is 29.6 Å². The van der Waals surface area contributed by atoms with Crippen molar-refractivity contribution in [3.63, 3.8) is 0 Å². The van der Waals surface area contributed by atoms with E-state index in [0.717, 1.165) is 17.3 Å². The van der Waals surface area contributed by atoms with Crippen molar-refractivity contribution >= 4 is 16.7 Å². The lowest BCUT2D eigenvalue weighted by Crippen LogP contribution is -2.22. The molecule has 17 heavy (non-hydrogen) atoms. The summed E-state index contributed by atoms with van der Waals surface area (Å²) in [6.07, 6.45) is 2.90. The van der Waals surface area contributed by atoms with E-state index in [-0.39, 0.29) is 11.8 Å². The van der Waals surface area contributed by atoms with Crippen LogP contribution in [0.4, 0.5) is 0 Å². The highest BCUT2D eigenvalue weighted by molar-refractivity contribution is 6.06. The standard InChI is InChI=1S/C14H16N2O/c1-2-11(15)9-13(17)12-7-3-5-10-6-4-8-16-14(10)12/h3-8,11H,2,9,15H2,1H3. The molecule has 0 aliphatic carbocycles. The van der Waals surface area contributed by atoms with E-state index >= 15 is 0 Å². The van der Waals surface area contributed by atoms with Gasteiger partial charge in [-0.05, 0) is 18.6 Å². The van der Waals surface area contributed by atoms with Gasteiger partial charge in [-0.3, -0.25) is 9.78 Å². The van der Waals surface area contributed by atoms with Gasteiger partial charge in [0.25, 0.3) is 0 Å².